The molecule has 7 heteroatoms. The third-order valence-electron chi connectivity index (χ3n) is 7.50. The average molecular weight is 495 g/mol. The minimum atomic E-state index is -0.601. The van der Waals surface area contributed by atoms with E-state index in [4.69, 9.17) is 14.2 Å². The largest absolute Gasteiger partial charge is 0.457 e. The lowest BCUT2D eigenvalue weighted by atomic mass is 9.90. The highest BCUT2D eigenvalue weighted by Crippen LogP contribution is 2.30. The highest BCUT2D eigenvalue weighted by Gasteiger charge is 2.37. The van der Waals surface area contributed by atoms with E-state index in [0.29, 0.717) is 49.1 Å². The van der Waals surface area contributed by atoms with Gasteiger partial charge in [-0.1, -0.05) is 0 Å². The van der Waals surface area contributed by atoms with Crippen molar-refractivity contribution in [3.8, 4) is 11.5 Å². The van der Waals surface area contributed by atoms with Crippen LogP contribution in [-0.4, -0.2) is 85.1 Å². The van der Waals surface area contributed by atoms with Crippen molar-refractivity contribution in [3.05, 3.63) is 59.2 Å². The summed E-state index contributed by atoms with van der Waals surface area (Å²) in [6.07, 6.45) is 0. The van der Waals surface area contributed by atoms with Crippen LogP contribution in [0.5, 0.6) is 11.5 Å². The highest BCUT2D eigenvalue weighted by atomic mass is 16.5. The number of Topliss-reactive ketones (excluding diaryl/α,β-unsaturated/α-hetero) is 2. The number of carbonyl (C=O) groups excluding carboxylic acids is 2. The number of morpholine rings is 2. The summed E-state index contributed by atoms with van der Waals surface area (Å²) in [6, 6.07) is 12.8. The third kappa shape index (κ3) is 5.54. The van der Waals surface area contributed by atoms with E-state index in [1.807, 2.05) is 77.1 Å². The standard InChI is InChI=1S/C29H38N2O5/c1-21-20-23(27(33)29(4,5)31-14-18-35-19-15-31)8-11-25(21)36-24-9-6-22(7-10-24)26(32)28(2,3)30-12-16-34-17-13-30/h6-11,20H,12-19H2,1-5H3. The Morgan fingerprint density at radius 3 is 1.64 bits per heavy atom. The van der Waals surface area contributed by atoms with E-state index in [9.17, 15) is 9.59 Å². The Morgan fingerprint density at radius 2 is 1.17 bits per heavy atom. The number of ketones is 2. The van der Waals surface area contributed by atoms with Gasteiger partial charge >= 0.3 is 0 Å². The summed E-state index contributed by atoms with van der Waals surface area (Å²) in [6.45, 7) is 15.4. The van der Waals surface area contributed by atoms with Crippen LogP contribution in [0.25, 0.3) is 0 Å². The minimum absolute atomic E-state index is 0.0814. The van der Waals surface area contributed by atoms with Crippen molar-refractivity contribution in [3.63, 3.8) is 0 Å². The molecule has 0 unspecified atom stereocenters. The van der Waals surface area contributed by atoms with Crippen LogP contribution in [0.3, 0.4) is 0 Å². The molecule has 2 aliphatic rings. The second kappa shape index (κ2) is 10.8. The molecule has 2 heterocycles. The molecule has 0 bridgehead atoms. The number of carbonyl (C=O) groups is 2. The van der Waals surface area contributed by atoms with Crippen molar-refractivity contribution in [2.45, 2.75) is 45.7 Å². The minimum Gasteiger partial charge on any atom is -0.457 e. The van der Waals surface area contributed by atoms with Gasteiger partial charge in [0, 0.05) is 37.3 Å². The van der Waals surface area contributed by atoms with Crippen molar-refractivity contribution in [2.24, 2.45) is 0 Å². The van der Waals surface area contributed by atoms with E-state index in [0.717, 1.165) is 31.7 Å². The normalized spacial score (nSPS) is 18.1. The quantitative estimate of drug-likeness (QED) is 0.505. The van der Waals surface area contributed by atoms with Crippen LogP contribution in [0.4, 0.5) is 0 Å². The molecule has 2 aromatic rings. The molecule has 4 rings (SSSR count). The lowest BCUT2D eigenvalue weighted by Crippen LogP contribution is -2.54. The van der Waals surface area contributed by atoms with E-state index >= 15 is 0 Å². The summed E-state index contributed by atoms with van der Waals surface area (Å²) < 4.78 is 17.0. The first-order valence-corrected chi connectivity index (χ1v) is 12.7. The van der Waals surface area contributed by atoms with Gasteiger partial charge in [0.15, 0.2) is 11.6 Å². The zero-order valence-corrected chi connectivity index (χ0v) is 22.1. The molecular formula is C29H38N2O5. The van der Waals surface area contributed by atoms with Gasteiger partial charge in [-0.25, -0.2) is 0 Å². The summed E-state index contributed by atoms with van der Waals surface area (Å²) in [7, 11) is 0. The van der Waals surface area contributed by atoms with Gasteiger partial charge in [0.1, 0.15) is 11.5 Å². The van der Waals surface area contributed by atoms with E-state index in [1.54, 1.807) is 0 Å². The van der Waals surface area contributed by atoms with E-state index in [1.165, 1.54) is 0 Å². The van der Waals surface area contributed by atoms with Gasteiger partial charge in [0.2, 0.25) is 0 Å². The van der Waals surface area contributed by atoms with Crippen molar-refractivity contribution in [1.82, 2.24) is 9.80 Å². The van der Waals surface area contributed by atoms with Crippen LogP contribution in [0.15, 0.2) is 42.5 Å². The summed E-state index contributed by atoms with van der Waals surface area (Å²) >= 11 is 0. The fourth-order valence-electron chi connectivity index (χ4n) is 4.94. The number of hydrogen-bond donors (Lipinski definition) is 0. The molecule has 2 saturated heterocycles. The number of aryl methyl sites for hydroxylation is 1. The van der Waals surface area contributed by atoms with Gasteiger partial charge in [-0.2, -0.15) is 0 Å². The molecule has 2 aromatic carbocycles. The molecule has 0 aliphatic carbocycles. The molecule has 0 amide bonds. The van der Waals surface area contributed by atoms with Crippen LogP contribution >= 0.6 is 0 Å². The van der Waals surface area contributed by atoms with E-state index in [-0.39, 0.29) is 11.6 Å². The van der Waals surface area contributed by atoms with Crippen molar-refractivity contribution in [2.75, 3.05) is 52.6 Å². The van der Waals surface area contributed by atoms with E-state index in [2.05, 4.69) is 9.80 Å². The van der Waals surface area contributed by atoms with Crippen LogP contribution in [0, 0.1) is 6.92 Å². The molecule has 0 radical (unpaired) electrons. The molecule has 0 atom stereocenters. The Balaban J connectivity index is 1.43. The van der Waals surface area contributed by atoms with Crippen molar-refractivity contribution >= 4 is 11.6 Å². The zero-order valence-electron chi connectivity index (χ0n) is 22.1. The molecule has 7 nitrogen and oxygen atoms in total. The van der Waals surface area contributed by atoms with Crippen LogP contribution in [0.1, 0.15) is 54.0 Å². The predicted octanol–water partition coefficient (Wildman–Crippen LogP) is 4.37. The number of nitrogens with zero attached hydrogens (tertiary/aromatic N) is 2. The van der Waals surface area contributed by atoms with Gasteiger partial charge < -0.3 is 14.2 Å². The van der Waals surface area contributed by atoms with Crippen LogP contribution in [0.2, 0.25) is 0 Å². The monoisotopic (exact) mass is 494 g/mol. The summed E-state index contributed by atoms with van der Waals surface area (Å²) in [4.78, 5) is 30.9. The molecule has 194 valence electrons. The second-order valence-electron chi connectivity index (χ2n) is 10.6. The Morgan fingerprint density at radius 1 is 0.722 bits per heavy atom. The summed E-state index contributed by atoms with van der Waals surface area (Å²) in [5.74, 6) is 1.50. The maximum absolute atomic E-state index is 13.3. The molecule has 2 fully saturated rings. The third-order valence-corrected chi connectivity index (χ3v) is 7.50. The molecular weight excluding hydrogens is 456 g/mol. The van der Waals surface area contributed by atoms with Crippen LogP contribution < -0.4 is 4.74 Å². The zero-order chi connectivity index (χ0) is 25.9. The fourth-order valence-corrected chi connectivity index (χ4v) is 4.94. The number of benzene rings is 2. The lowest BCUT2D eigenvalue weighted by Gasteiger charge is -2.39. The van der Waals surface area contributed by atoms with Gasteiger partial charge in [-0.15, -0.1) is 0 Å². The average Bonchev–Trinajstić information content (AvgIpc) is 2.90. The molecule has 0 spiro atoms. The first kappa shape index (κ1) is 26.5. The number of rotatable bonds is 8. The Labute approximate surface area is 214 Å². The molecule has 0 saturated carbocycles. The number of ether oxygens (including phenoxy) is 3. The molecule has 0 N–H and O–H groups in total. The van der Waals surface area contributed by atoms with Gasteiger partial charge in [-0.3, -0.25) is 19.4 Å². The first-order valence-electron chi connectivity index (χ1n) is 12.7. The molecule has 2 aliphatic heterocycles. The topological polar surface area (TPSA) is 68.3 Å². The smallest absolute Gasteiger partial charge is 0.182 e. The second-order valence-corrected chi connectivity index (χ2v) is 10.6. The van der Waals surface area contributed by atoms with E-state index < -0.39 is 11.1 Å². The fraction of sp³-hybridized carbons (Fsp3) is 0.517. The Kier molecular flexibility index (Phi) is 7.95. The summed E-state index contributed by atoms with van der Waals surface area (Å²) in [5.41, 5.74) is 1.01. The first-order chi connectivity index (χ1) is 17.1. The highest BCUT2D eigenvalue weighted by molar-refractivity contribution is 6.03. The maximum atomic E-state index is 13.3. The Hall–Kier alpha value is -2.58. The van der Waals surface area contributed by atoms with Crippen LogP contribution in [-0.2, 0) is 9.47 Å². The lowest BCUT2D eigenvalue weighted by molar-refractivity contribution is -0.00442. The Bertz CT molecular complexity index is 1080. The number of hydrogen-bond acceptors (Lipinski definition) is 7. The van der Waals surface area contributed by atoms with Crippen molar-refractivity contribution in [1.29, 1.82) is 0 Å². The van der Waals surface area contributed by atoms with Gasteiger partial charge in [0.05, 0.1) is 37.5 Å². The predicted molar refractivity (Wildman–Crippen MR) is 139 cm³/mol. The van der Waals surface area contributed by atoms with Gasteiger partial charge in [0.25, 0.3) is 0 Å². The van der Waals surface area contributed by atoms with Crippen molar-refractivity contribution < 1.29 is 23.8 Å². The summed E-state index contributed by atoms with van der Waals surface area (Å²) in [5, 5.41) is 0. The van der Waals surface area contributed by atoms with Gasteiger partial charge in [-0.05, 0) is 82.6 Å². The molecule has 36 heavy (non-hydrogen) atoms. The molecule has 0 aromatic heterocycles. The SMILES string of the molecule is Cc1cc(C(=O)C(C)(C)N2CCOCC2)ccc1Oc1ccc(C(=O)C(C)(C)N2CCOCC2)cc1. The maximum Gasteiger partial charge on any atom is 0.182 e.